The zero-order valence-electron chi connectivity index (χ0n) is 15.9. The molecule has 3 heteroatoms. The second-order valence-electron chi connectivity index (χ2n) is 9.58. The lowest BCUT2D eigenvalue weighted by Gasteiger charge is -2.85. The van der Waals surface area contributed by atoms with Crippen LogP contribution in [0.5, 0.6) is 0 Å². The van der Waals surface area contributed by atoms with Crippen LogP contribution in [-0.4, -0.2) is 29.2 Å². The molecular weight excluding hydrogens is 310 g/mol. The third kappa shape index (κ3) is 1.61. The second kappa shape index (κ2) is 4.61. The normalized spacial score (nSPS) is 37.4. The van der Waals surface area contributed by atoms with E-state index in [-0.39, 0.29) is 11.5 Å². The SMILES string of the molecule is CCc1ccc2c(c1)C13CCCCC1C1N(C(=O)OC(C)(C)C)CC213. The van der Waals surface area contributed by atoms with Crippen molar-refractivity contribution in [2.24, 2.45) is 5.92 Å². The van der Waals surface area contributed by atoms with Gasteiger partial charge in [0.05, 0.1) is 6.04 Å². The zero-order chi connectivity index (χ0) is 17.6. The maximum absolute atomic E-state index is 12.7. The molecule has 1 amide bonds. The number of nitrogens with zero attached hydrogens (tertiary/aromatic N) is 1. The van der Waals surface area contributed by atoms with Crippen molar-refractivity contribution in [1.82, 2.24) is 4.90 Å². The average molecular weight is 339 g/mol. The highest BCUT2D eigenvalue weighted by atomic mass is 16.6. The number of carbonyl (C=O) groups is 1. The molecule has 0 N–H and O–H groups in total. The Labute approximate surface area is 150 Å². The molecule has 2 spiro atoms. The Morgan fingerprint density at radius 3 is 2.76 bits per heavy atom. The summed E-state index contributed by atoms with van der Waals surface area (Å²) in [7, 11) is 0. The first-order chi connectivity index (χ1) is 11.8. The van der Waals surface area contributed by atoms with Crippen molar-refractivity contribution in [1.29, 1.82) is 0 Å². The molecule has 0 aromatic heterocycles. The Hall–Kier alpha value is -1.51. The highest BCUT2D eigenvalue weighted by Crippen LogP contribution is 2.80. The Kier molecular flexibility index (Phi) is 2.90. The number of hydrogen-bond donors (Lipinski definition) is 0. The van der Waals surface area contributed by atoms with Gasteiger partial charge < -0.3 is 9.64 Å². The first-order valence-corrected chi connectivity index (χ1v) is 9.99. The lowest BCUT2D eigenvalue weighted by Crippen LogP contribution is -2.93. The fourth-order valence-electron chi connectivity index (χ4n) is 6.73. The van der Waals surface area contributed by atoms with Gasteiger partial charge in [-0.15, -0.1) is 0 Å². The van der Waals surface area contributed by atoms with Crippen molar-refractivity contribution >= 4 is 6.09 Å². The minimum Gasteiger partial charge on any atom is -0.444 e. The first kappa shape index (κ1) is 15.7. The lowest BCUT2D eigenvalue weighted by atomic mass is 9.23. The van der Waals surface area contributed by atoms with Gasteiger partial charge in [0.15, 0.2) is 0 Å². The number of fused-ring (bicyclic) bond motifs is 2. The predicted molar refractivity (Wildman–Crippen MR) is 97.9 cm³/mol. The molecule has 25 heavy (non-hydrogen) atoms. The fraction of sp³-hybridized carbons (Fsp3) is 0.682. The summed E-state index contributed by atoms with van der Waals surface area (Å²) in [5.41, 5.74) is 4.81. The molecule has 0 radical (unpaired) electrons. The molecule has 1 aliphatic heterocycles. The molecule has 1 aromatic carbocycles. The van der Waals surface area contributed by atoms with Crippen molar-refractivity contribution in [2.45, 2.75) is 82.3 Å². The maximum atomic E-state index is 12.7. The van der Waals surface area contributed by atoms with E-state index in [4.69, 9.17) is 4.74 Å². The minimum atomic E-state index is -0.416. The molecule has 1 aromatic rings. The first-order valence-electron chi connectivity index (χ1n) is 9.99. The molecule has 5 rings (SSSR count). The van der Waals surface area contributed by atoms with E-state index in [0.717, 1.165) is 13.0 Å². The Morgan fingerprint density at radius 1 is 1.24 bits per heavy atom. The summed E-state index contributed by atoms with van der Waals surface area (Å²) in [6, 6.07) is 7.52. The van der Waals surface area contributed by atoms with Crippen LogP contribution in [0.15, 0.2) is 18.2 Å². The number of rotatable bonds is 1. The van der Waals surface area contributed by atoms with Crippen molar-refractivity contribution in [3.05, 3.63) is 34.9 Å². The third-order valence-corrected chi connectivity index (χ3v) is 7.49. The van der Waals surface area contributed by atoms with E-state index in [2.05, 4.69) is 25.1 Å². The molecule has 2 saturated carbocycles. The molecule has 0 bridgehead atoms. The van der Waals surface area contributed by atoms with E-state index in [1.165, 1.54) is 36.8 Å². The molecule has 1 heterocycles. The van der Waals surface area contributed by atoms with Gasteiger partial charge >= 0.3 is 6.09 Å². The number of ether oxygens (including phenoxy) is 1. The van der Waals surface area contributed by atoms with Crippen molar-refractivity contribution in [2.75, 3.05) is 6.54 Å². The van der Waals surface area contributed by atoms with Crippen LogP contribution in [0.4, 0.5) is 4.79 Å². The van der Waals surface area contributed by atoms with E-state index in [0.29, 0.717) is 17.4 Å². The molecule has 4 unspecified atom stereocenters. The highest BCUT2D eigenvalue weighted by Gasteiger charge is 2.85. The Morgan fingerprint density at radius 2 is 2.04 bits per heavy atom. The number of piperidine rings is 1. The monoisotopic (exact) mass is 339 g/mol. The van der Waals surface area contributed by atoms with Crippen LogP contribution in [0.25, 0.3) is 0 Å². The smallest absolute Gasteiger partial charge is 0.410 e. The quantitative estimate of drug-likeness (QED) is 0.750. The third-order valence-electron chi connectivity index (χ3n) is 7.49. The lowest BCUT2D eigenvalue weighted by molar-refractivity contribution is -0.237. The van der Waals surface area contributed by atoms with E-state index in [1.807, 2.05) is 25.7 Å². The van der Waals surface area contributed by atoms with Gasteiger partial charge in [0.2, 0.25) is 0 Å². The summed E-state index contributed by atoms with van der Waals surface area (Å²) in [4.78, 5) is 14.7. The van der Waals surface area contributed by atoms with Gasteiger partial charge in [-0.1, -0.05) is 38.0 Å². The van der Waals surface area contributed by atoms with Crippen LogP contribution in [0.2, 0.25) is 0 Å². The zero-order valence-corrected chi connectivity index (χ0v) is 15.9. The molecule has 4 aliphatic rings. The minimum absolute atomic E-state index is 0.110. The largest absolute Gasteiger partial charge is 0.444 e. The standard InChI is InChI=1S/C22H29NO2/c1-5-14-9-10-15-17(12-14)21-11-7-6-8-16(21)18-22(15,21)13-23(18)19(24)25-20(2,3)4/h9-10,12,16,18H,5-8,11,13H2,1-4H3. The Balaban J connectivity index is 1.51. The summed E-state index contributed by atoms with van der Waals surface area (Å²) in [6.45, 7) is 8.97. The topological polar surface area (TPSA) is 29.5 Å². The highest BCUT2D eigenvalue weighted by molar-refractivity contribution is 5.77. The van der Waals surface area contributed by atoms with Crippen molar-refractivity contribution in [3.63, 3.8) is 0 Å². The Bertz CT molecular complexity index is 764. The number of aryl methyl sites for hydroxylation is 1. The molecule has 3 fully saturated rings. The van der Waals surface area contributed by atoms with E-state index in [9.17, 15) is 4.79 Å². The van der Waals surface area contributed by atoms with Crippen LogP contribution in [0.3, 0.4) is 0 Å². The van der Waals surface area contributed by atoms with Crippen LogP contribution < -0.4 is 0 Å². The van der Waals surface area contributed by atoms with Gasteiger partial charge in [0.1, 0.15) is 5.60 Å². The number of amides is 1. The maximum Gasteiger partial charge on any atom is 0.410 e. The van der Waals surface area contributed by atoms with Gasteiger partial charge in [-0.2, -0.15) is 0 Å². The van der Waals surface area contributed by atoms with Crippen molar-refractivity contribution in [3.8, 4) is 0 Å². The van der Waals surface area contributed by atoms with Gasteiger partial charge in [0.25, 0.3) is 0 Å². The van der Waals surface area contributed by atoms with Crippen molar-refractivity contribution < 1.29 is 9.53 Å². The summed E-state index contributed by atoms with van der Waals surface area (Å²) in [5.74, 6) is 0.641. The summed E-state index contributed by atoms with van der Waals surface area (Å²) in [5, 5.41) is 0. The van der Waals surface area contributed by atoms with Gasteiger partial charge in [-0.3, -0.25) is 0 Å². The molecule has 3 nitrogen and oxygen atoms in total. The molecule has 1 saturated heterocycles. The van der Waals surface area contributed by atoms with Crippen LogP contribution >= 0.6 is 0 Å². The predicted octanol–water partition coefficient (Wildman–Crippen LogP) is 4.56. The van der Waals surface area contributed by atoms with E-state index in [1.54, 1.807) is 5.56 Å². The average Bonchev–Trinajstić information content (AvgIpc) is 2.52. The van der Waals surface area contributed by atoms with Gasteiger partial charge in [0, 0.05) is 17.4 Å². The van der Waals surface area contributed by atoms with Gasteiger partial charge in [-0.05, 0) is 62.6 Å². The summed E-state index contributed by atoms with van der Waals surface area (Å²) < 4.78 is 5.69. The number of hydrogen-bond acceptors (Lipinski definition) is 2. The number of benzene rings is 1. The van der Waals surface area contributed by atoms with Gasteiger partial charge in [-0.25, -0.2) is 4.79 Å². The van der Waals surface area contributed by atoms with Crippen LogP contribution in [0, 0.1) is 5.92 Å². The molecule has 3 aliphatic carbocycles. The van der Waals surface area contributed by atoms with E-state index < -0.39 is 5.60 Å². The number of carbonyl (C=O) groups excluding carboxylic acids is 1. The fourth-order valence-corrected chi connectivity index (χ4v) is 6.73. The summed E-state index contributed by atoms with van der Waals surface area (Å²) in [6.07, 6.45) is 6.23. The number of likely N-dealkylation sites (tertiary alicyclic amines) is 1. The second-order valence-corrected chi connectivity index (χ2v) is 9.58. The molecule has 134 valence electrons. The van der Waals surface area contributed by atoms with Crippen LogP contribution in [-0.2, 0) is 22.0 Å². The summed E-state index contributed by atoms with van der Waals surface area (Å²) >= 11 is 0. The molecule has 4 atom stereocenters. The molecular formula is C22H29NO2. The van der Waals surface area contributed by atoms with Crippen LogP contribution in [0.1, 0.15) is 70.1 Å². The van der Waals surface area contributed by atoms with E-state index >= 15 is 0 Å².